The average molecular weight is 464 g/mol. The van der Waals surface area contributed by atoms with Gasteiger partial charge >= 0.3 is 0 Å². The molecule has 0 fully saturated rings. The summed E-state index contributed by atoms with van der Waals surface area (Å²) in [5.41, 5.74) is 7.02. The van der Waals surface area contributed by atoms with Gasteiger partial charge in [0.2, 0.25) is 0 Å². The Morgan fingerprint density at radius 3 is 2.29 bits per heavy atom. The summed E-state index contributed by atoms with van der Waals surface area (Å²) in [5.74, 6) is 0.495. The van der Waals surface area contributed by atoms with Gasteiger partial charge < -0.3 is 14.5 Å². The van der Waals surface area contributed by atoms with E-state index in [1.165, 1.54) is 12.1 Å². The molecule has 6 rings (SSSR count). The fourth-order valence-corrected chi connectivity index (χ4v) is 4.89. The molecule has 1 amide bonds. The van der Waals surface area contributed by atoms with Crippen molar-refractivity contribution in [2.75, 3.05) is 7.05 Å². The molecule has 5 aromatic rings. The van der Waals surface area contributed by atoms with Crippen LogP contribution >= 0.6 is 0 Å². The maximum absolute atomic E-state index is 13.6. The maximum atomic E-state index is 13.6. The summed E-state index contributed by atoms with van der Waals surface area (Å²) in [4.78, 5) is 13.2. The van der Waals surface area contributed by atoms with E-state index in [2.05, 4.69) is 29.6 Å². The zero-order valence-corrected chi connectivity index (χ0v) is 19.1. The van der Waals surface area contributed by atoms with Gasteiger partial charge in [-0.15, -0.1) is 0 Å². The van der Waals surface area contributed by atoms with Crippen molar-refractivity contribution in [1.29, 1.82) is 0 Å². The van der Waals surface area contributed by atoms with Crippen molar-refractivity contribution in [3.8, 4) is 28.2 Å². The smallest absolute Gasteiger partial charge is 0.255 e. The van der Waals surface area contributed by atoms with Gasteiger partial charge in [0, 0.05) is 30.0 Å². The second kappa shape index (κ2) is 8.44. The Morgan fingerprint density at radius 1 is 0.857 bits per heavy atom. The molecule has 0 radical (unpaired) electrons. The standard InChI is InChI=1S/C30H22FNO3/c1-32-30(33)28-27-24-16-19-6-2-4-8-22(19)23-9-5-3-7-20(23)17-34-25(24)14-15-26(27)35-29(28)18-10-12-21(31)13-11-18/h2-15H,16-17H2,1H3,(H,32,33). The van der Waals surface area contributed by atoms with E-state index in [0.717, 1.165) is 27.8 Å². The van der Waals surface area contributed by atoms with Crippen molar-refractivity contribution < 1.29 is 18.3 Å². The van der Waals surface area contributed by atoms with Gasteiger partial charge in [-0.1, -0.05) is 48.5 Å². The number of rotatable bonds is 2. The van der Waals surface area contributed by atoms with E-state index >= 15 is 0 Å². The highest BCUT2D eigenvalue weighted by atomic mass is 19.1. The average Bonchev–Trinajstić information content (AvgIpc) is 3.30. The Labute approximate surface area is 202 Å². The fourth-order valence-electron chi connectivity index (χ4n) is 4.89. The number of carbonyl (C=O) groups is 1. The highest BCUT2D eigenvalue weighted by Crippen LogP contribution is 2.42. The second-order valence-electron chi connectivity index (χ2n) is 8.59. The molecule has 0 unspecified atom stereocenters. The van der Waals surface area contributed by atoms with Gasteiger partial charge in [-0.3, -0.25) is 4.79 Å². The molecule has 0 aliphatic carbocycles. The minimum absolute atomic E-state index is 0.270. The van der Waals surface area contributed by atoms with Crippen LogP contribution in [0.1, 0.15) is 27.0 Å². The number of hydrogen-bond donors (Lipinski definition) is 1. The molecule has 172 valence electrons. The number of benzene rings is 4. The lowest BCUT2D eigenvalue weighted by Gasteiger charge is -2.13. The number of nitrogens with one attached hydrogen (secondary N) is 1. The molecule has 1 N–H and O–H groups in total. The quantitative estimate of drug-likeness (QED) is 0.315. The van der Waals surface area contributed by atoms with Crippen LogP contribution in [0.3, 0.4) is 0 Å². The zero-order chi connectivity index (χ0) is 23.9. The van der Waals surface area contributed by atoms with Crippen LogP contribution in [0.25, 0.3) is 33.4 Å². The number of carbonyl (C=O) groups excluding carboxylic acids is 1. The van der Waals surface area contributed by atoms with Crippen molar-refractivity contribution in [1.82, 2.24) is 5.32 Å². The molecule has 5 heteroatoms. The molecule has 0 saturated carbocycles. The van der Waals surface area contributed by atoms with Crippen LogP contribution in [0, 0.1) is 5.82 Å². The fraction of sp³-hybridized carbons (Fsp3) is 0.100. The van der Waals surface area contributed by atoms with Gasteiger partial charge in [0.05, 0.1) is 5.56 Å². The lowest BCUT2D eigenvalue weighted by atomic mass is 9.91. The van der Waals surface area contributed by atoms with Gasteiger partial charge in [0.1, 0.15) is 29.5 Å². The van der Waals surface area contributed by atoms with E-state index in [-0.39, 0.29) is 11.7 Å². The predicted molar refractivity (Wildman–Crippen MR) is 134 cm³/mol. The van der Waals surface area contributed by atoms with Crippen LogP contribution < -0.4 is 10.1 Å². The van der Waals surface area contributed by atoms with Crippen LogP contribution in [0.2, 0.25) is 0 Å². The van der Waals surface area contributed by atoms with Gasteiger partial charge in [0.15, 0.2) is 0 Å². The van der Waals surface area contributed by atoms with E-state index in [1.807, 2.05) is 36.4 Å². The first-order chi connectivity index (χ1) is 17.1. The number of amides is 1. The first-order valence-electron chi connectivity index (χ1n) is 11.5. The minimum Gasteiger partial charge on any atom is -0.489 e. The van der Waals surface area contributed by atoms with E-state index in [1.54, 1.807) is 19.2 Å². The van der Waals surface area contributed by atoms with Crippen LogP contribution in [0.4, 0.5) is 4.39 Å². The number of fused-ring (bicyclic) bond motifs is 6. The highest BCUT2D eigenvalue weighted by Gasteiger charge is 2.27. The van der Waals surface area contributed by atoms with Crippen molar-refractivity contribution in [2.24, 2.45) is 0 Å². The van der Waals surface area contributed by atoms with Crippen molar-refractivity contribution >= 4 is 16.9 Å². The summed E-state index contributed by atoms with van der Waals surface area (Å²) in [6.07, 6.45) is 0.559. The molecule has 2 heterocycles. The number of furan rings is 1. The Hall–Kier alpha value is -4.38. The molecule has 35 heavy (non-hydrogen) atoms. The van der Waals surface area contributed by atoms with Crippen LogP contribution in [-0.2, 0) is 13.0 Å². The van der Waals surface area contributed by atoms with Crippen LogP contribution in [-0.4, -0.2) is 13.0 Å². The largest absolute Gasteiger partial charge is 0.489 e. The van der Waals surface area contributed by atoms with E-state index in [9.17, 15) is 9.18 Å². The van der Waals surface area contributed by atoms with Crippen LogP contribution in [0.5, 0.6) is 5.75 Å². The lowest BCUT2D eigenvalue weighted by molar-refractivity contribution is 0.0964. The third-order valence-corrected chi connectivity index (χ3v) is 6.56. The Kier molecular flexibility index (Phi) is 5.10. The van der Waals surface area contributed by atoms with Gasteiger partial charge in [-0.2, -0.15) is 0 Å². The molecular weight excluding hydrogens is 441 g/mol. The second-order valence-corrected chi connectivity index (χ2v) is 8.59. The molecule has 4 nitrogen and oxygen atoms in total. The first-order valence-corrected chi connectivity index (χ1v) is 11.5. The monoisotopic (exact) mass is 463 g/mol. The summed E-state index contributed by atoms with van der Waals surface area (Å²) in [6, 6.07) is 26.3. The summed E-state index contributed by atoms with van der Waals surface area (Å²) < 4.78 is 26.2. The number of hydrogen-bond acceptors (Lipinski definition) is 3. The van der Waals surface area contributed by atoms with E-state index in [4.69, 9.17) is 9.15 Å². The van der Waals surface area contributed by atoms with Crippen molar-refractivity contribution in [3.63, 3.8) is 0 Å². The third-order valence-electron chi connectivity index (χ3n) is 6.56. The van der Waals surface area contributed by atoms with Gasteiger partial charge in [0.25, 0.3) is 5.91 Å². The molecule has 1 aliphatic rings. The number of ether oxygens (including phenoxy) is 1. The minimum atomic E-state index is -0.350. The summed E-state index contributed by atoms with van der Waals surface area (Å²) in [6.45, 7) is 0.404. The normalized spacial score (nSPS) is 12.4. The summed E-state index contributed by atoms with van der Waals surface area (Å²) >= 11 is 0. The Bertz CT molecular complexity index is 1580. The highest BCUT2D eigenvalue weighted by molar-refractivity contribution is 6.12. The SMILES string of the molecule is CNC(=O)c1c(-c2ccc(F)cc2)oc2ccc3c(c12)Cc1ccccc1-c1ccccc1CO3. The van der Waals surface area contributed by atoms with Crippen molar-refractivity contribution in [2.45, 2.75) is 13.0 Å². The van der Waals surface area contributed by atoms with Crippen LogP contribution in [0.15, 0.2) is 89.3 Å². The molecule has 0 bridgehead atoms. The maximum Gasteiger partial charge on any atom is 0.255 e. The van der Waals surface area contributed by atoms with Crippen molar-refractivity contribution in [3.05, 3.63) is 113 Å². The molecule has 4 aromatic carbocycles. The summed E-state index contributed by atoms with van der Waals surface area (Å²) in [7, 11) is 1.59. The molecule has 0 atom stereocenters. The number of halogens is 1. The third kappa shape index (κ3) is 3.56. The molecule has 1 aromatic heterocycles. The predicted octanol–water partition coefficient (Wildman–Crippen LogP) is 6.75. The van der Waals surface area contributed by atoms with Gasteiger partial charge in [-0.25, -0.2) is 4.39 Å². The van der Waals surface area contributed by atoms with E-state index < -0.39 is 0 Å². The Morgan fingerprint density at radius 2 is 1.54 bits per heavy atom. The first kappa shape index (κ1) is 21.2. The zero-order valence-electron chi connectivity index (χ0n) is 19.1. The topological polar surface area (TPSA) is 51.5 Å². The summed E-state index contributed by atoms with van der Waals surface area (Å²) in [5, 5.41) is 3.46. The van der Waals surface area contributed by atoms with Gasteiger partial charge in [-0.05, 0) is 58.7 Å². The molecule has 1 aliphatic heterocycles. The Balaban J connectivity index is 1.64. The molecule has 0 spiro atoms. The van der Waals surface area contributed by atoms with E-state index in [0.29, 0.717) is 46.6 Å². The molecule has 0 saturated heterocycles. The molecular formula is C30H22FNO3. The lowest BCUT2D eigenvalue weighted by Crippen LogP contribution is -2.18.